The van der Waals surface area contributed by atoms with Gasteiger partial charge in [0.05, 0.1) is 11.9 Å². The molecule has 2 aromatic rings. The van der Waals surface area contributed by atoms with E-state index in [-0.39, 0.29) is 5.75 Å². The molecule has 0 aliphatic heterocycles. The number of hydrogen-bond donors (Lipinski definition) is 1. The molecule has 1 N–H and O–H groups in total. The molecule has 0 atom stereocenters. The molecule has 0 aromatic carbocycles. The summed E-state index contributed by atoms with van der Waals surface area (Å²) in [4.78, 5) is 3.90. The van der Waals surface area contributed by atoms with E-state index in [2.05, 4.69) is 10.1 Å². The van der Waals surface area contributed by atoms with Gasteiger partial charge < -0.3 is 9.63 Å². The lowest BCUT2D eigenvalue weighted by Gasteiger charge is -1.99. The molecule has 4 heteroatoms. The first kappa shape index (κ1) is 8.74. The predicted octanol–water partition coefficient (Wildman–Crippen LogP) is 2.06. The van der Waals surface area contributed by atoms with Crippen molar-refractivity contribution in [3.8, 4) is 16.9 Å². The van der Waals surface area contributed by atoms with Gasteiger partial charge in [-0.15, -0.1) is 0 Å². The molecule has 0 fully saturated rings. The van der Waals surface area contributed by atoms with Crippen LogP contribution in [0.2, 0.25) is 0 Å². The van der Waals surface area contributed by atoms with Gasteiger partial charge in [-0.25, -0.2) is 0 Å². The molecular weight excluding hydrogens is 180 g/mol. The Morgan fingerprint density at radius 3 is 2.64 bits per heavy atom. The van der Waals surface area contributed by atoms with E-state index >= 15 is 0 Å². The summed E-state index contributed by atoms with van der Waals surface area (Å²) in [5.74, 6) is 0.873. The van der Waals surface area contributed by atoms with Gasteiger partial charge in [0, 0.05) is 17.3 Å². The second-order valence-corrected chi connectivity index (χ2v) is 3.13. The van der Waals surface area contributed by atoms with E-state index < -0.39 is 0 Å². The van der Waals surface area contributed by atoms with Crippen LogP contribution < -0.4 is 0 Å². The van der Waals surface area contributed by atoms with Gasteiger partial charge in [0.25, 0.3) is 0 Å². The zero-order valence-corrected chi connectivity index (χ0v) is 7.98. The van der Waals surface area contributed by atoms with E-state index in [0.29, 0.717) is 0 Å². The van der Waals surface area contributed by atoms with Crippen LogP contribution in [0.5, 0.6) is 5.75 Å². The fourth-order valence-corrected chi connectivity index (χ4v) is 1.46. The smallest absolute Gasteiger partial charge is 0.141 e. The monoisotopic (exact) mass is 190 g/mol. The Hall–Kier alpha value is -1.84. The van der Waals surface area contributed by atoms with Gasteiger partial charge in [-0.3, -0.25) is 4.98 Å². The minimum absolute atomic E-state index is 0.141. The molecule has 2 heterocycles. The van der Waals surface area contributed by atoms with Gasteiger partial charge in [0.1, 0.15) is 11.5 Å². The lowest BCUT2D eigenvalue weighted by molar-refractivity contribution is 0.393. The van der Waals surface area contributed by atoms with Crippen LogP contribution >= 0.6 is 0 Å². The van der Waals surface area contributed by atoms with E-state index in [1.54, 1.807) is 12.3 Å². The molecule has 0 aliphatic carbocycles. The fourth-order valence-electron chi connectivity index (χ4n) is 1.46. The summed E-state index contributed by atoms with van der Waals surface area (Å²) in [6.45, 7) is 3.69. The molecule has 0 radical (unpaired) electrons. The van der Waals surface area contributed by atoms with Crippen LogP contribution in [-0.4, -0.2) is 15.2 Å². The third-order valence-electron chi connectivity index (χ3n) is 2.05. The van der Waals surface area contributed by atoms with Crippen molar-refractivity contribution in [2.24, 2.45) is 0 Å². The minimum Gasteiger partial charge on any atom is -0.506 e. The van der Waals surface area contributed by atoms with Crippen molar-refractivity contribution in [2.75, 3.05) is 0 Å². The third kappa shape index (κ3) is 1.35. The summed E-state index contributed by atoms with van der Waals surface area (Å²) in [6.07, 6.45) is 3.06. The quantitative estimate of drug-likeness (QED) is 0.747. The van der Waals surface area contributed by atoms with Crippen LogP contribution in [0.4, 0.5) is 0 Å². The van der Waals surface area contributed by atoms with Crippen molar-refractivity contribution in [3.63, 3.8) is 0 Å². The second-order valence-electron chi connectivity index (χ2n) is 3.13. The second kappa shape index (κ2) is 3.14. The topological polar surface area (TPSA) is 59.2 Å². The molecule has 0 amide bonds. The molecule has 2 rings (SSSR count). The van der Waals surface area contributed by atoms with Crippen LogP contribution in [0.1, 0.15) is 11.5 Å². The lowest BCUT2D eigenvalue weighted by atomic mass is 10.1. The summed E-state index contributed by atoms with van der Waals surface area (Å²) in [7, 11) is 0. The number of rotatable bonds is 1. The van der Waals surface area contributed by atoms with Gasteiger partial charge in [-0.2, -0.15) is 0 Å². The SMILES string of the molecule is Cc1noc(C)c1-c1cncc(O)c1. The van der Waals surface area contributed by atoms with Crippen molar-refractivity contribution < 1.29 is 9.63 Å². The van der Waals surface area contributed by atoms with Gasteiger partial charge >= 0.3 is 0 Å². The van der Waals surface area contributed by atoms with E-state index in [9.17, 15) is 5.11 Å². The van der Waals surface area contributed by atoms with Crippen LogP contribution in [0.25, 0.3) is 11.1 Å². The van der Waals surface area contributed by atoms with Gasteiger partial charge in [-0.05, 0) is 19.9 Å². The first-order valence-electron chi connectivity index (χ1n) is 4.26. The highest BCUT2D eigenvalue weighted by Crippen LogP contribution is 2.27. The number of hydrogen-bond acceptors (Lipinski definition) is 4. The maximum Gasteiger partial charge on any atom is 0.141 e. The predicted molar refractivity (Wildman–Crippen MR) is 50.9 cm³/mol. The van der Waals surface area contributed by atoms with Crippen LogP contribution in [0.3, 0.4) is 0 Å². The number of pyridine rings is 1. The number of aromatic hydroxyl groups is 1. The van der Waals surface area contributed by atoms with Gasteiger partial charge in [-0.1, -0.05) is 5.16 Å². The highest BCUT2D eigenvalue weighted by Gasteiger charge is 2.11. The summed E-state index contributed by atoms with van der Waals surface area (Å²) >= 11 is 0. The van der Waals surface area contributed by atoms with E-state index in [1.165, 1.54) is 6.20 Å². The Morgan fingerprint density at radius 2 is 2.07 bits per heavy atom. The van der Waals surface area contributed by atoms with Crippen molar-refractivity contribution in [2.45, 2.75) is 13.8 Å². The first-order valence-corrected chi connectivity index (χ1v) is 4.26. The number of aromatic nitrogens is 2. The molecule has 0 saturated heterocycles. The van der Waals surface area contributed by atoms with E-state index in [4.69, 9.17) is 4.52 Å². The standard InChI is InChI=1S/C10H10N2O2/c1-6-10(7(2)14-12-6)8-3-9(13)5-11-4-8/h3-5,13H,1-2H3. The van der Waals surface area contributed by atoms with Crippen molar-refractivity contribution in [1.82, 2.24) is 10.1 Å². The Kier molecular flexibility index (Phi) is 1.96. The van der Waals surface area contributed by atoms with Crippen molar-refractivity contribution >= 4 is 0 Å². The molecule has 2 aromatic heterocycles. The highest BCUT2D eigenvalue weighted by atomic mass is 16.5. The Bertz CT molecular complexity index is 443. The molecule has 0 spiro atoms. The van der Waals surface area contributed by atoms with E-state index in [0.717, 1.165) is 22.6 Å². The average Bonchev–Trinajstić information content (AvgIpc) is 2.46. The molecule has 72 valence electrons. The molecule has 0 bridgehead atoms. The summed E-state index contributed by atoms with van der Waals surface area (Å²) in [5.41, 5.74) is 2.52. The number of nitrogens with zero attached hydrogens (tertiary/aromatic N) is 2. The Labute approximate surface area is 81.2 Å². The third-order valence-corrected chi connectivity index (χ3v) is 2.05. The zero-order valence-electron chi connectivity index (χ0n) is 7.98. The van der Waals surface area contributed by atoms with Crippen LogP contribution in [-0.2, 0) is 0 Å². The van der Waals surface area contributed by atoms with Crippen molar-refractivity contribution in [1.29, 1.82) is 0 Å². The first-order chi connectivity index (χ1) is 6.68. The maximum absolute atomic E-state index is 9.28. The maximum atomic E-state index is 9.28. The largest absolute Gasteiger partial charge is 0.506 e. The van der Waals surface area contributed by atoms with E-state index in [1.807, 2.05) is 13.8 Å². The lowest BCUT2D eigenvalue weighted by Crippen LogP contribution is -1.83. The van der Waals surface area contributed by atoms with Gasteiger partial charge in [0.2, 0.25) is 0 Å². The molecule has 0 aliphatic rings. The summed E-state index contributed by atoms with van der Waals surface area (Å²) in [5, 5.41) is 13.1. The minimum atomic E-state index is 0.141. The van der Waals surface area contributed by atoms with Crippen LogP contribution in [0, 0.1) is 13.8 Å². The summed E-state index contributed by atoms with van der Waals surface area (Å²) < 4.78 is 5.03. The molecule has 0 unspecified atom stereocenters. The zero-order chi connectivity index (χ0) is 10.1. The summed E-state index contributed by atoms with van der Waals surface area (Å²) in [6, 6.07) is 1.64. The van der Waals surface area contributed by atoms with Crippen LogP contribution in [0.15, 0.2) is 23.0 Å². The normalized spacial score (nSPS) is 10.4. The molecular formula is C10H10N2O2. The highest BCUT2D eigenvalue weighted by molar-refractivity contribution is 5.67. The number of aryl methyl sites for hydroxylation is 2. The van der Waals surface area contributed by atoms with Crippen molar-refractivity contribution in [3.05, 3.63) is 29.9 Å². The average molecular weight is 190 g/mol. The molecule has 0 saturated carbocycles. The Balaban J connectivity index is 2.59. The van der Waals surface area contributed by atoms with Gasteiger partial charge in [0.15, 0.2) is 0 Å². The molecule has 14 heavy (non-hydrogen) atoms. The Morgan fingerprint density at radius 1 is 1.29 bits per heavy atom. The molecule has 4 nitrogen and oxygen atoms in total. The fraction of sp³-hybridized carbons (Fsp3) is 0.200.